The molecule has 0 bridgehead atoms. The second-order valence-electron chi connectivity index (χ2n) is 5.26. The highest BCUT2D eigenvalue weighted by molar-refractivity contribution is 8.14. The third-order valence-corrected chi connectivity index (χ3v) is 4.29. The Bertz CT molecular complexity index is 543. The summed E-state index contributed by atoms with van der Waals surface area (Å²) in [6.07, 6.45) is 1.10. The summed E-state index contributed by atoms with van der Waals surface area (Å²) in [5.74, 6) is 1.59. The van der Waals surface area contributed by atoms with Gasteiger partial charge in [-0.05, 0) is 30.9 Å². The summed E-state index contributed by atoms with van der Waals surface area (Å²) in [6, 6.07) is 5.20. The van der Waals surface area contributed by atoms with Gasteiger partial charge in [0.05, 0.1) is 11.0 Å². The van der Waals surface area contributed by atoms with E-state index in [9.17, 15) is 10.1 Å². The molecule has 1 aliphatic rings. The van der Waals surface area contributed by atoms with E-state index in [0.717, 1.165) is 28.6 Å². The van der Waals surface area contributed by atoms with Crippen LogP contribution < -0.4 is 5.32 Å². The minimum absolute atomic E-state index is 0.117. The molecular weight excluding hydrogens is 274 g/mol. The maximum Gasteiger partial charge on any atom is 0.269 e. The number of amidine groups is 1. The molecule has 0 radical (unpaired) electrons. The van der Waals surface area contributed by atoms with Crippen molar-refractivity contribution in [3.63, 3.8) is 0 Å². The number of nitrogens with one attached hydrogen (secondary N) is 1. The summed E-state index contributed by atoms with van der Waals surface area (Å²) in [5, 5.41) is 14.9. The number of non-ortho nitro benzene ring substituents is 1. The second kappa shape index (κ2) is 6.26. The summed E-state index contributed by atoms with van der Waals surface area (Å²) in [7, 11) is 0. The van der Waals surface area contributed by atoms with Crippen LogP contribution in [-0.2, 0) is 0 Å². The molecule has 0 aromatic heterocycles. The Labute approximate surface area is 123 Å². The normalized spacial score (nSPS) is 18.8. The van der Waals surface area contributed by atoms with E-state index in [2.05, 4.69) is 19.2 Å². The van der Waals surface area contributed by atoms with Crippen molar-refractivity contribution >= 4 is 28.3 Å². The van der Waals surface area contributed by atoms with Crippen molar-refractivity contribution in [1.82, 2.24) is 0 Å². The van der Waals surface area contributed by atoms with Crippen molar-refractivity contribution in [3.05, 3.63) is 33.9 Å². The summed E-state index contributed by atoms with van der Waals surface area (Å²) in [5.41, 5.74) is 1.85. The molecule has 1 atom stereocenters. The zero-order valence-corrected chi connectivity index (χ0v) is 12.7. The Morgan fingerprint density at radius 3 is 2.85 bits per heavy atom. The van der Waals surface area contributed by atoms with Crippen LogP contribution in [0.5, 0.6) is 0 Å². The van der Waals surface area contributed by atoms with Gasteiger partial charge in [0, 0.05) is 23.6 Å². The topological polar surface area (TPSA) is 67.5 Å². The van der Waals surface area contributed by atoms with Crippen LogP contribution in [0.2, 0.25) is 0 Å². The van der Waals surface area contributed by atoms with Gasteiger partial charge in [0.1, 0.15) is 0 Å². The number of hydrogen-bond donors (Lipinski definition) is 1. The maximum absolute atomic E-state index is 10.7. The molecule has 1 aromatic rings. The molecule has 0 fully saturated rings. The van der Waals surface area contributed by atoms with Gasteiger partial charge >= 0.3 is 0 Å². The highest BCUT2D eigenvalue weighted by Gasteiger charge is 2.19. The number of anilines is 1. The summed E-state index contributed by atoms with van der Waals surface area (Å²) in [6.45, 7) is 6.22. The second-order valence-corrected chi connectivity index (χ2v) is 6.35. The molecule has 1 aliphatic heterocycles. The number of aryl methyl sites for hydroxylation is 1. The summed E-state index contributed by atoms with van der Waals surface area (Å²) in [4.78, 5) is 15.1. The molecular formula is C14H19N3O2S. The van der Waals surface area contributed by atoms with Crippen LogP contribution in [0.3, 0.4) is 0 Å². The van der Waals surface area contributed by atoms with Gasteiger partial charge < -0.3 is 5.32 Å². The molecule has 0 aliphatic carbocycles. The lowest BCUT2D eigenvalue weighted by Crippen LogP contribution is -2.24. The van der Waals surface area contributed by atoms with Gasteiger partial charge in [0.25, 0.3) is 5.69 Å². The lowest BCUT2D eigenvalue weighted by molar-refractivity contribution is -0.384. The first-order valence-corrected chi connectivity index (χ1v) is 7.68. The minimum Gasteiger partial charge on any atom is -0.335 e. The highest BCUT2D eigenvalue weighted by atomic mass is 32.2. The van der Waals surface area contributed by atoms with Gasteiger partial charge in [-0.15, -0.1) is 0 Å². The number of aliphatic imine (C=N–C) groups is 1. The third kappa shape index (κ3) is 3.50. The number of benzene rings is 1. The van der Waals surface area contributed by atoms with E-state index in [0.29, 0.717) is 12.0 Å². The third-order valence-electron chi connectivity index (χ3n) is 3.37. The van der Waals surface area contributed by atoms with E-state index in [-0.39, 0.29) is 10.6 Å². The summed E-state index contributed by atoms with van der Waals surface area (Å²) >= 11 is 1.70. The van der Waals surface area contributed by atoms with Crippen molar-refractivity contribution < 1.29 is 4.92 Å². The minimum atomic E-state index is -0.377. The van der Waals surface area contributed by atoms with E-state index in [4.69, 9.17) is 4.99 Å². The SMILES string of the molecule is Cc1cc([N+](=O)[O-])ccc1NC1=N[C@@H](C(C)C)CCS1. The highest BCUT2D eigenvalue weighted by Crippen LogP contribution is 2.26. The van der Waals surface area contributed by atoms with E-state index in [1.54, 1.807) is 23.9 Å². The van der Waals surface area contributed by atoms with Crippen LogP contribution >= 0.6 is 11.8 Å². The van der Waals surface area contributed by atoms with Crippen LogP contribution in [0.1, 0.15) is 25.8 Å². The Hall–Kier alpha value is -1.56. The fourth-order valence-electron chi connectivity index (χ4n) is 2.10. The fourth-order valence-corrected chi connectivity index (χ4v) is 3.04. The molecule has 1 N–H and O–H groups in total. The molecule has 0 saturated carbocycles. The zero-order chi connectivity index (χ0) is 14.7. The van der Waals surface area contributed by atoms with Gasteiger partial charge in [0.15, 0.2) is 5.17 Å². The molecule has 0 spiro atoms. The lowest BCUT2D eigenvalue weighted by atomic mass is 10.0. The van der Waals surface area contributed by atoms with Crippen molar-refractivity contribution in [3.8, 4) is 0 Å². The molecule has 0 unspecified atom stereocenters. The van der Waals surface area contributed by atoms with Gasteiger partial charge in [-0.1, -0.05) is 25.6 Å². The van der Waals surface area contributed by atoms with E-state index < -0.39 is 0 Å². The van der Waals surface area contributed by atoms with Crippen LogP contribution in [0, 0.1) is 23.0 Å². The van der Waals surface area contributed by atoms with E-state index in [1.807, 2.05) is 6.92 Å². The molecule has 108 valence electrons. The smallest absolute Gasteiger partial charge is 0.269 e. The van der Waals surface area contributed by atoms with Crippen molar-refractivity contribution in [1.29, 1.82) is 0 Å². The van der Waals surface area contributed by atoms with Crippen LogP contribution in [0.4, 0.5) is 11.4 Å². The fraction of sp³-hybridized carbons (Fsp3) is 0.500. The molecule has 5 nitrogen and oxygen atoms in total. The first-order chi connectivity index (χ1) is 9.47. The number of rotatable bonds is 3. The van der Waals surface area contributed by atoms with Crippen molar-refractivity contribution in [2.45, 2.75) is 33.2 Å². The first kappa shape index (κ1) is 14.8. The van der Waals surface area contributed by atoms with Gasteiger partial charge in [-0.25, -0.2) is 0 Å². The number of nitro benzene ring substituents is 1. The number of nitrogens with zero attached hydrogens (tertiary/aromatic N) is 2. The number of thioether (sulfide) groups is 1. The lowest BCUT2D eigenvalue weighted by Gasteiger charge is -2.23. The molecule has 0 amide bonds. The average molecular weight is 293 g/mol. The molecule has 20 heavy (non-hydrogen) atoms. The molecule has 0 saturated heterocycles. The van der Waals surface area contributed by atoms with Gasteiger partial charge in [-0.2, -0.15) is 0 Å². The van der Waals surface area contributed by atoms with E-state index in [1.165, 1.54) is 6.07 Å². The van der Waals surface area contributed by atoms with Crippen LogP contribution in [0.15, 0.2) is 23.2 Å². The van der Waals surface area contributed by atoms with Gasteiger partial charge in [-0.3, -0.25) is 15.1 Å². The summed E-state index contributed by atoms with van der Waals surface area (Å²) < 4.78 is 0. The molecule has 1 heterocycles. The van der Waals surface area contributed by atoms with Crippen molar-refractivity contribution in [2.24, 2.45) is 10.9 Å². The Morgan fingerprint density at radius 2 is 2.25 bits per heavy atom. The van der Waals surface area contributed by atoms with E-state index >= 15 is 0 Å². The van der Waals surface area contributed by atoms with Crippen LogP contribution in [0.25, 0.3) is 0 Å². The Kier molecular flexibility index (Phi) is 4.65. The number of nitro groups is 1. The predicted molar refractivity (Wildman–Crippen MR) is 84.6 cm³/mol. The Balaban J connectivity index is 2.16. The largest absolute Gasteiger partial charge is 0.335 e. The molecule has 2 rings (SSSR count). The zero-order valence-electron chi connectivity index (χ0n) is 11.9. The molecule has 6 heteroatoms. The standard InChI is InChI=1S/C14H19N3O2S/c1-9(2)12-6-7-20-14(15-12)16-13-5-4-11(17(18)19)8-10(13)3/h4-5,8-9,12H,6-7H2,1-3H3,(H,15,16)/t12-/m1/s1. The van der Waals surface area contributed by atoms with Crippen LogP contribution in [-0.4, -0.2) is 21.9 Å². The predicted octanol–water partition coefficient (Wildman–Crippen LogP) is 3.83. The Morgan fingerprint density at radius 1 is 1.50 bits per heavy atom. The maximum atomic E-state index is 10.7. The monoisotopic (exact) mass is 293 g/mol. The number of hydrogen-bond acceptors (Lipinski definition) is 5. The molecule has 1 aromatic carbocycles. The average Bonchev–Trinajstić information content (AvgIpc) is 2.41. The quantitative estimate of drug-likeness (QED) is 0.679. The van der Waals surface area contributed by atoms with Gasteiger partial charge in [0.2, 0.25) is 0 Å². The van der Waals surface area contributed by atoms with Crippen molar-refractivity contribution in [2.75, 3.05) is 11.1 Å². The first-order valence-electron chi connectivity index (χ1n) is 6.70.